The normalized spacial score (nSPS) is 17.0. The molecule has 21 heavy (non-hydrogen) atoms. The molecule has 2 heterocycles. The van der Waals surface area contributed by atoms with Gasteiger partial charge in [-0.2, -0.15) is 0 Å². The molecular formula is C18H18N2S. The molecule has 1 fully saturated rings. The Bertz CT molecular complexity index is 687. The lowest BCUT2D eigenvalue weighted by molar-refractivity contribution is 0.578. The number of piperidine rings is 1. The van der Waals surface area contributed by atoms with Gasteiger partial charge in [0.15, 0.2) is 0 Å². The summed E-state index contributed by atoms with van der Waals surface area (Å²) in [6.45, 7) is 2.34. The standard InChI is InChI=1S/C18H18N2S/c1-4-11-20(12-5-1)16-9-6-10-17-18(16)15-8-3-2-7-14(15)13-19-21-17/h2-3,6-10,13H,1,4-5,11-12H2. The van der Waals surface area contributed by atoms with Crippen molar-refractivity contribution in [1.29, 1.82) is 0 Å². The first kappa shape index (κ1) is 13.0. The minimum atomic E-state index is 1.17. The van der Waals surface area contributed by atoms with Crippen LogP contribution in [0.1, 0.15) is 24.8 Å². The van der Waals surface area contributed by atoms with Gasteiger partial charge in [-0.05, 0) is 37.0 Å². The summed E-state index contributed by atoms with van der Waals surface area (Å²) >= 11 is 1.59. The zero-order valence-corrected chi connectivity index (χ0v) is 12.8. The molecule has 0 unspecified atom stereocenters. The molecule has 0 saturated carbocycles. The number of rotatable bonds is 1. The predicted molar refractivity (Wildman–Crippen MR) is 91.4 cm³/mol. The quantitative estimate of drug-likeness (QED) is 0.703. The molecule has 0 bridgehead atoms. The zero-order valence-electron chi connectivity index (χ0n) is 12.0. The number of nitrogens with zero attached hydrogens (tertiary/aromatic N) is 2. The van der Waals surface area contributed by atoms with E-state index in [2.05, 4.69) is 51.8 Å². The van der Waals surface area contributed by atoms with Crippen LogP contribution in [0.4, 0.5) is 5.69 Å². The maximum Gasteiger partial charge on any atom is 0.0458 e. The van der Waals surface area contributed by atoms with E-state index in [0.29, 0.717) is 0 Å². The smallest absolute Gasteiger partial charge is 0.0458 e. The van der Waals surface area contributed by atoms with Crippen LogP contribution in [0.2, 0.25) is 0 Å². The van der Waals surface area contributed by atoms with E-state index in [4.69, 9.17) is 0 Å². The second kappa shape index (κ2) is 5.57. The first-order valence-electron chi connectivity index (χ1n) is 7.61. The SMILES string of the molecule is C1=NSc2cccc(N3CCCCC3)c2-c2ccccc21. The van der Waals surface area contributed by atoms with Gasteiger partial charge in [-0.1, -0.05) is 30.3 Å². The van der Waals surface area contributed by atoms with Gasteiger partial charge in [-0.3, -0.25) is 0 Å². The highest BCUT2D eigenvalue weighted by atomic mass is 32.2. The Morgan fingerprint density at radius 1 is 0.905 bits per heavy atom. The average Bonchev–Trinajstić information content (AvgIpc) is 2.75. The second-order valence-corrected chi connectivity index (χ2v) is 6.44. The minimum Gasteiger partial charge on any atom is -0.371 e. The molecular weight excluding hydrogens is 276 g/mol. The van der Waals surface area contributed by atoms with Crippen LogP contribution in [0, 0.1) is 0 Å². The highest BCUT2D eigenvalue weighted by Gasteiger charge is 2.20. The van der Waals surface area contributed by atoms with E-state index >= 15 is 0 Å². The van der Waals surface area contributed by atoms with E-state index in [1.54, 1.807) is 11.9 Å². The van der Waals surface area contributed by atoms with E-state index in [9.17, 15) is 0 Å². The highest BCUT2D eigenvalue weighted by molar-refractivity contribution is 7.98. The summed E-state index contributed by atoms with van der Waals surface area (Å²) in [5, 5.41) is 0. The molecule has 106 valence electrons. The fourth-order valence-electron chi connectivity index (χ4n) is 3.24. The molecule has 2 aliphatic rings. The number of fused-ring (bicyclic) bond motifs is 3. The molecule has 0 spiro atoms. The fraction of sp³-hybridized carbons (Fsp3) is 0.278. The van der Waals surface area contributed by atoms with Crippen molar-refractivity contribution in [2.45, 2.75) is 24.2 Å². The molecule has 0 aromatic heterocycles. The fourth-order valence-corrected chi connectivity index (χ4v) is 3.97. The minimum absolute atomic E-state index is 1.17. The number of hydrogen-bond donors (Lipinski definition) is 0. The molecule has 2 aromatic rings. The van der Waals surface area contributed by atoms with E-state index in [-0.39, 0.29) is 0 Å². The lowest BCUT2D eigenvalue weighted by atomic mass is 9.97. The van der Waals surface area contributed by atoms with Crippen molar-refractivity contribution in [2.24, 2.45) is 4.40 Å². The first-order chi connectivity index (χ1) is 10.4. The van der Waals surface area contributed by atoms with Crippen molar-refractivity contribution < 1.29 is 0 Å². The summed E-state index contributed by atoms with van der Waals surface area (Å²) in [5.41, 5.74) is 5.26. The Kier molecular flexibility index (Phi) is 3.44. The van der Waals surface area contributed by atoms with E-state index in [1.807, 2.05) is 6.21 Å². The molecule has 2 nitrogen and oxygen atoms in total. The molecule has 0 atom stereocenters. The molecule has 0 radical (unpaired) electrons. The van der Waals surface area contributed by atoms with Crippen LogP contribution < -0.4 is 4.90 Å². The topological polar surface area (TPSA) is 15.6 Å². The van der Waals surface area contributed by atoms with Crippen LogP contribution in [0.3, 0.4) is 0 Å². The van der Waals surface area contributed by atoms with Crippen LogP contribution in [0.15, 0.2) is 51.8 Å². The van der Waals surface area contributed by atoms with Gasteiger partial charge in [0.05, 0.1) is 0 Å². The largest absolute Gasteiger partial charge is 0.371 e. The molecule has 2 aromatic carbocycles. The van der Waals surface area contributed by atoms with E-state index in [1.165, 1.54) is 59.6 Å². The molecule has 2 aliphatic heterocycles. The van der Waals surface area contributed by atoms with Crippen molar-refractivity contribution in [3.8, 4) is 11.1 Å². The van der Waals surface area contributed by atoms with Crippen molar-refractivity contribution in [1.82, 2.24) is 0 Å². The highest BCUT2D eigenvalue weighted by Crippen LogP contribution is 2.42. The van der Waals surface area contributed by atoms with E-state index in [0.717, 1.165) is 0 Å². The van der Waals surface area contributed by atoms with Gasteiger partial charge in [0.25, 0.3) is 0 Å². The van der Waals surface area contributed by atoms with Gasteiger partial charge >= 0.3 is 0 Å². The van der Waals surface area contributed by atoms with Crippen molar-refractivity contribution >= 4 is 23.8 Å². The van der Waals surface area contributed by atoms with Gasteiger partial charge in [-0.25, -0.2) is 4.40 Å². The third-order valence-corrected chi connectivity index (χ3v) is 5.02. The summed E-state index contributed by atoms with van der Waals surface area (Å²) in [4.78, 5) is 3.81. The Labute approximate surface area is 130 Å². The first-order valence-corrected chi connectivity index (χ1v) is 8.38. The molecule has 1 saturated heterocycles. The second-order valence-electron chi connectivity index (χ2n) is 5.61. The lowest BCUT2D eigenvalue weighted by Gasteiger charge is -2.31. The van der Waals surface area contributed by atoms with Crippen LogP contribution in [0.5, 0.6) is 0 Å². The average molecular weight is 294 g/mol. The molecule has 0 N–H and O–H groups in total. The van der Waals surface area contributed by atoms with Crippen molar-refractivity contribution in [3.63, 3.8) is 0 Å². The number of hydrogen-bond acceptors (Lipinski definition) is 3. The number of anilines is 1. The molecule has 0 aliphatic carbocycles. The third-order valence-electron chi connectivity index (χ3n) is 4.27. The van der Waals surface area contributed by atoms with E-state index < -0.39 is 0 Å². The Hall–Kier alpha value is -1.74. The summed E-state index contributed by atoms with van der Waals surface area (Å²) < 4.78 is 4.51. The van der Waals surface area contributed by atoms with Gasteiger partial charge < -0.3 is 4.90 Å². The van der Waals surface area contributed by atoms with Gasteiger partial charge in [-0.15, -0.1) is 0 Å². The molecule has 4 rings (SSSR count). The predicted octanol–water partition coefficient (Wildman–Crippen LogP) is 4.78. The van der Waals surface area contributed by atoms with Crippen molar-refractivity contribution in [2.75, 3.05) is 18.0 Å². The van der Waals surface area contributed by atoms with Gasteiger partial charge in [0, 0.05) is 53.0 Å². The zero-order chi connectivity index (χ0) is 14.1. The van der Waals surface area contributed by atoms with Crippen LogP contribution in [-0.4, -0.2) is 19.3 Å². The lowest BCUT2D eigenvalue weighted by Crippen LogP contribution is -2.29. The Morgan fingerprint density at radius 3 is 2.67 bits per heavy atom. The van der Waals surface area contributed by atoms with Crippen LogP contribution >= 0.6 is 11.9 Å². The third kappa shape index (κ3) is 2.36. The van der Waals surface area contributed by atoms with Gasteiger partial charge in [0.2, 0.25) is 0 Å². The Balaban J connectivity index is 1.90. The summed E-state index contributed by atoms with van der Waals surface area (Å²) in [7, 11) is 0. The molecule has 0 amide bonds. The maximum atomic E-state index is 4.51. The maximum absolute atomic E-state index is 4.51. The summed E-state index contributed by atoms with van der Waals surface area (Å²) in [6, 6.07) is 15.2. The summed E-state index contributed by atoms with van der Waals surface area (Å²) in [6.07, 6.45) is 5.95. The molecule has 3 heteroatoms. The van der Waals surface area contributed by atoms with Crippen molar-refractivity contribution in [3.05, 3.63) is 48.0 Å². The van der Waals surface area contributed by atoms with Crippen LogP contribution in [0.25, 0.3) is 11.1 Å². The van der Waals surface area contributed by atoms with Gasteiger partial charge in [0.1, 0.15) is 0 Å². The van der Waals surface area contributed by atoms with Crippen LogP contribution in [-0.2, 0) is 0 Å². The monoisotopic (exact) mass is 294 g/mol. The number of benzene rings is 2. The summed E-state index contributed by atoms with van der Waals surface area (Å²) in [5.74, 6) is 0. The Morgan fingerprint density at radius 2 is 1.76 bits per heavy atom.